The van der Waals surface area contributed by atoms with Crippen LogP contribution in [-0.2, 0) is 4.79 Å². The molecule has 4 nitrogen and oxygen atoms in total. The summed E-state index contributed by atoms with van der Waals surface area (Å²) in [5, 5.41) is 3.24. The molecule has 0 aliphatic rings. The molecule has 17 heavy (non-hydrogen) atoms. The summed E-state index contributed by atoms with van der Waals surface area (Å²) < 4.78 is 10.4. The summed E-state index contributed by atoms with van der Waals surface area (Å²) in [5.41, 5.74) is 0.885. The quantitative estimate of drug-likeness (QED) is 0.740. The van der Waals surface area contributed by atoms with Gasteiger partial charge in [0.1, 0.15) is 17.3 Å². The Kier molecular flexibility index (Phi) is 5.33. The minimum Gasteiger partial charge on any atom is -0.497 e. The fraction of sp³-hybridized carbons (Fsp3) is 0.462. The van der Waals surface area contributed by atoms with Crippen LogP contribution in [0.4, 0.5) is 5.69 Å². The van der Waals surface area contributed by atoms with E-state index < -0.39 is 0 Å². The minimum absolute atomic E-state index is 0.212. The minimum atomic E-state index is 0.212. The first-order chi connectivity index (χ1) is 8.17. The summed E-state index contributed by atoms with van der Waals surface area (Å²) in [7, 11) is 3.25. The molecule has 0 saturated carbocycles. The molecule has 94 valence electrons. The smallest absolute Gasteiger partial charge is 0.142 e. The van der Waals surface area contributed by atoms with Crippen molar-refractivity contribution in [2.45, 2.75) is 19.8 Å². The highest BCUT2D eigenvalue weighted by Crippen LogP contribution is 2.28. The Morgan fingerprint density at radius 3 is 2.65 bits per heavy atom. The van der Waals surface area contributed by atoms with Gasteiger partial charge in [-0.2, -0.15) is 0 Å². The zero-order chi connectivity index (χ0) is 12.7. The van der Waals surface area contributed by atoms with E-state index in [1.165, 1.54) is 0 Å². The molecule has 1 rings (SSSR count). The normalized spacial score (nSPS) is 9.82. The first-order valence-electron chi connectivity index (χ1n) is 5.62. The van der Waals surface area contributed by atoms with E-state index in [0.29, 0.717) is 6.42 Å². The Balaban J connectivity index is 2.58. The van der Waals surface area contributed by atoms with E-state index >= 15 is 0 Å². The number of carbonyl (C=O) groups is 1. The molecule has 1 N–H and O–H groups in total. The van der Waals surface area contributed by atoms with E-state index in [-0.39, 0.29) is 5.78 Å². The Labute approximate surface area is 102 Å². The maximum atomic E-state index is 10.8. The second kappa shape index (κ2) is 6.78. The van der Waals surface area contributed by atoms with Crippen LogP contribution in [0.1, 0.15) is 19.8 Å². The predicted octanol–water partition coefficient (Wildman–Crippen LogP) is 2.48. The Morgan fingerprint density at radius 2 is 2.06 bits per heavy atom. The molecule has 0 bridgehead atoms. The molecule has 0 aliphatic carbocycles. The van der Waals surface area contributed by atoms with Crippen LogP contribution in [0, 0.1) is 0 Å². The Bertz CT molecular complexity index is 377. The highest BCUT2D eigenvalue weighted by Gasteiger charge is 2.04. The Hall–Kier alpha value is -1.71. The van der Waals surface area contributed by atoms with Crippen LogP contribution in [0.15, 0.2) is 18.2 Å². The first-order valence-corrected chi connectivity index (χ1v) is 5.62. The van der Waals surface area contributed by atoms with E-state index in [9.17, 15) is 4.79 Å². The fourth-order valence-electron chi connectivity index (χ4n) is 1.51. The number of methoxy groups -OCH3 is 2. The monoisotopic (exact) mass is 237 g/mol. The molecule has 4 heteroatoms. The van der Waals surface area contributed by atoms with Crippen molar-refractivity contribution < 1.29 is 14.3 Å². The molecular weight excluding hydrogens is 218 g/mol. The highest BCUT2D eigenvalue weighted by atomic mass is 16.5. The molecule has 0 heterocycles. The van der Waals surface area contributed by atoms with E-state index in [1.54, 1.807) is 21.1 Å². The van der Waals surface area contributed by atoms with Gasteiger partial charge in [0.15, 0.2) is 0 Å². The third-order valence-electron chi connectivity index (χ3n) is 2.43. The topological polar surface area (TPSA) is 47.6 Å². The lowest BCUT2D eigenvalue weighted by Gasteiger charge is -2.12. The lowest BCUT2D eigenvalue weighted by atomic mass is 10.2. The molecule has 0 atom stereocenters. The van der Waals surface area contributed by atoms with Gasteiger partial charge in [-0.3, -0.25) is 0 Å². The fourth-order valence-corrected chi connectivity index (χ4v) is 1.51. The average molecular weight is 237 g/mol. The summed E-state index contributed by atoms with van der Waals surface area (Å²) in [6, 6.07) is 5.58. The number of anilines is 1. The number of hydrogen-bond donors (Lipinski definition) is 1. The highest BCUT2D eigenvalue weighted by molar-refractivity contribution is 5.75. The van der Waals surface area contributed by atoms with Gasteiger partial charge in [-0.05, 0) is 25.5 Å². The van der Waals surface area contributed by atoms with E-state index in [1.807, 2.05) is 18.2 Å². The summed E-state index contributed by atoms with van der Waals surface area (Å²) in [6.45, 7) is 2.34. The molecule has 0 spiro atoms. The number of ether oxygens (including phenoxy) is 2. The Morgan fingerprint density at radius 1 is 1.29 bits per heavy atom. The van der Waals surface area contributed by atoms with Crippen molar-refractivity contribution in [1.29, 1.82) is 0 Å². The predicted molar refractivity (Wildman–Crippen MR) is 68.0 cm³/mol. The van der Waals surface area contributed by atoms with Crippen LogP contribution in [0.25, 0.3) is 0 Å². The zero-order valence-corrected chi connectivity index (χ0v) is 10.6. The molecule has 0 fully saturated rings. The summed E-state index contributed by atoms with van der Waals surface area (Å²) in [6.07, 6.45) is 1.41. The van der Waals surface area contributed by atoms with Gasteiger partial charge >= 0.3 is 0 Å². The second-order valence-corrected chi connectivity index (χ2v) is 3.80. The maximum absolute atomic E-state index is 10.8. The molecule has 0 aromatic heterocycles. The van der Waals surface area contributed by atoms with Gasteiger partial charge in [-0.25, -0.2) is 0 Å². The molecule has 1 aromatic carbocycles. The second-order valence-electron chi connectivity index (χ2n) is 3.80. The van der Waals surface area contributed by atoms with Crippen LogP contribution < -0.4 is 14.8 Å². The van der Waals surface area contributed by atoms with Gasteiger partial charge in [-0.1, -0.05) is 0 Å². The largest absolute Gasteiger partial charge is 0.497 e. The van der Waals surface area contributed by atoms with Crippen LogP contribution in [-0.4, -0.2) is 26.5 Å². The molecule has 0 aliphatic heterocycles. The van der Waals surface area contributed by atoms with E-state index in [2.05, 4.69) is 5.32 Å². The van der Waals surface area contributed by atoms with Crippen molar-refractivity contribution in [2.24, 2.45) is 0 Å². The number of Topliss-reactive ketones (excluding diaryl/α,β-unsaturated/α-hetero) is 1. The van der Waals surface area contributed by atoms with E-state index in [0.717, 1.165) is 30.2 Å². The van der Waals surface area contributed by atoms with Gasteiger partial charge in [0.25, 0.3) is 0 Å². The maximum Gasteiger partial charge on any atom is 0.142 e. The summed E-state index contributed by atoms with van der Waals surface area (Å²) in [4.78, 5) is 10.8. The lowest BCUT2D eigenvalue weighted by Crippen LogP contribution is -2.05. The average Bonchev–Trinajstić information content (AvgIpc) is 2.34. The molecular formula is C13H19NO3. The summed E-state index contributed by atoms with van der Waals surface area (Å²) >= 11 is 0. The van der Waals surface area contributed by atoms with Gasteiger partial charge in [0.05, 0.1) is 19.9 Å². The number of carbonyl (C=O) groups excluding carboxylic acids is 1. The van der Waals surface area contributed by atoms with Gasteiger partial charge in [-0.15, -0.1) is 0 Å². The number of ketones is 1. The number of benzene rings is 1. The molecule has 0 amide bonds. The SMILES string of the molecule is COc1ccc(OC)c(NCCCC(C)=O)c1. The lowest BCUT2D eigenvalue weighted by molar-refractivity contribution is -0.117. The van der Waals surface area contributed by atoms with Crippen molar-refractivity contribution in [3.63, 3.8) is 0 Å². The third-order valence-corrected chi connectivity index (χ3v) is 2.43. The molecule has 1 aromatic rings. The van der Waals surface area contributed by atoms with Crippen molar-refractivity contribution in [2.75, 3.05) is 26.1 Å². The number of nitrogens with one attached hydrogen (secondary N) is 1. The van der Waals surface area contributed by atoms with Crippen molar-refractivity contribution in [1.82, 2.24) is 0 Å². The first kappa shape index (κ1) is 13.4. The van der Waals surface area contributed by atoms with Crippen LogP contribution >= 0.6 is 0 Å². The van der Waals surface area contributed by atoms with Crippen molar-refractivity contribution in [3.8, 4) is 11.5 Å². The van der Waals surface area contributed by atoms with Gasteiger partial charge < -0.3 is 19.6 Å². The van der Waals surface area contributed by atoms with Crippen LogP contribution in [0.2, 0.25) is 0 Å². The van der Waals surface area contributed by atoms with Crippen molar-refractivity contribution in [3.05, 3.63) is 18.2 Å². The van der Waals surface area contributed by atoms with Gasteiger partial charge in [0, 0.05) is 19.0 Å². The number of hydrogen-bond acceptors (Lipinski definition) is 4. The summed E-state index contributed by atoms with van der Waals surface area (Å²) in [5.74, 6) is 1.76. The molecule has 0 saturated heterocycles. The van der Waals surface area contributed by atoms with Crippen LogP contribution in [0.5, 0.6) is 11.5 Å². The van der Waals surface area contributed by atoms with Gasteiger partial charge in [0.2, 0.25) is 0 Å². The number of rotatable bonds is 7. The molecule has 0 unspecified atom stereocenters. The van der Waals surface area contributed by atoms with Crippen molar-refractivity contribution >= 4 is 11.5 Å². The third kappa shape index (κ3) is 4.34. The zero-order valence-electron chi connectivity index (χ0n) is 10.6. The molecule has 0 radical (unpaired) electrons. The van der Waals surface area contributed by atoms with E-state index in [4.69, 9.17) is 9.47 Å². The standard InChI is InChI=1S/C13H19NO3/c1-10(15)5-4-8-14-12-9-11(16-2)6-7-13(12)17-3/h6-7,9,14H,4-5,8H2,1-3H3. The van der Waals surface area contributed by atoms with Crippen LogP contribution in [0.3, 0.4) is 0 Å².